The predicted molar refractivity (Wildman–Crippen MR) is 83.7 cm³/mol. The molecule has 0 aromatic rings. The van der Waals surface area contributed by atoms with Gasteiger partial charge < -0.3 is 15.7 Å². The highest BCUT2D eigenvalue weighted by Gasteiger charge is 2.31. The number of guanidine groups is 1. The quantitative estimate of drug-likeness (QED) is 0.614. The molecule has 4 nitrogen and oxygen atoms in total. The number of piperidine rings is 1. The van der Waals surface area contributed by atoms with Gasteiger partial charge in [-0.1, -0.05) is 26.2 Å². The average molecular weight is 281 g/mol. The lowest BCUT2D eigenvalue weighted by Gasteiger charge is -2.36. The summed E-state index contributed by atoms with van der Waals surface area (Å²) in [4.78, 5) is 6.93. The maximum absolute atomic E-state index is 9.34. The number of nitrogens with two attached hydrogens (primary N) is 1. The van der Waals surface area contributed by atoms with Crippen molar-refractivity contribution in [2.24, 2.45) is 22.1 Å². The topological polar surface area (TPSA) is 61.8 Å². The molecule has 0 spiro atoms. The molecule has 2 aliphatic rings. The van der Waals surface area contributed by atoms with E-state index in [1.165, 1.54) is 44.9 Å². The van der Waals surface area contributed by atoms with Crippen LogP contribution in [0.2, 0.25) is 0 Å². The minimum absolute atomic E-state index is 0.209. The molecule has 0 atom stereocenters. The van der Waals surface area contributed by atoms with Crippen molar-refractivity contribution >= 4 is 5.96 Å². The Bertz CT molecular complexity index is 310. The van der Waals surface area contributed by atoms with E-state index in [1.807, 2.05) is 0 Å². The summed E-state index contributed by atoms with van der Waals surface area (Å²) in [6.07, 6.45) is 9.59. The molecule has 2 fully saturated rings. The number of aliphatic hydroxyl groups is 1. The predicted octanol–water partition coefficient (Wildman–Crippen LogP) is 2.37. The maximum Gasteiger partial charge on any atom is 0.191 e. The van der Waals surface area contributed by atoms with Crippen LogP contribution in [-0.2, 0) is 0 Å². The summed E-state index contributed by atoms with van der Waals surface area (Å²) in [5, 5.41) is 9.34. The van der Waals surface area contributed by atoms with Gasteiger partial charge in [0.25, 0.3) is 0 Å². The van der Waals surface area contributed by atoms with Gasteiger partial charge in [-0.05, 0) is 43.4 Å². The smallest absolute Gasteiger partial charge is 0.191 e. The first kappa shape index (κ1) is 15.6. The number of aliphatic hydroxyl groups excluding tert-OH is 1. The van der Waals surface area contributed by atoms with Crippen molar-refractivity contribution in [3.05, 3.63) is 0 Å². The molecule has 1 aliphatic heterocycles. The van der Waals surface area contributed by atoms with Gasteiger partial charge in [0, 0.05) is 26.2 Å². The Morgan fingerprint density at radius 3 is 2.50 bits per heavy atom. The van der Waals surface area contributed by atoms with Crippen LogP contribution in [0.15, 0.2) is 4.99 Å². The number of aliphatic imine (C=N–C) groups is 1. The molecule has 4 heteroatoms. The first-order chi connectivity index (χ1) is 9.65. The van der Waals surface area contributed by atoms with Gasteiger partial charge in [0.15, 0.2) is 5.96 Å². The summed E-state index contributed by atoms with van der Waals surface area (Å²) in [5.74, 6) is 1.54. The molecule has 1 heterocycles. The zero-order valence-corrected chi connectivity index (χ0v) is 13.0. The Balaban J connectivity index is 1.91. The highest BCUT2D eigenvalue weighted by atomic mass is 16.3. The third-order valence-electron chi connectivity index (χ3n) is 5.24. The van der Waals surface area contributed by atoms with Crippen LogP contribution < -0.4 is 5.73 Å². The minimum atomic E-state index is 0.209. The Morgan fingerprint density at radius 1 is 1.25 bits per heavy atom. The number of hydrogen-bond acceptors (Lipinski definition) is 2. The highest BCUT2D eigenvalue weighted by molar-refractivity contribution is 5.78. The van der Waals surface area contributed by atoms with Crippen molar-refractivity contribution in [1.82, 2.24) is 4.90 Å². The van der Waals surface area contributed by atoms with Crippen LogP contribution in [0.5, 0.6) is 0 Å². The molecule has 116 valence electrons. The van der Waals surface area contributed by atoms with E-state index in [0.717, 1.165) is 37.9 Å². The summed E-state index contributed by atoms with van der Waals surface area (Å²) in [6, 6.07) is 0. The molecule has 20 heavy (non-hydrogen) atoms. The first-order valence-electron chi connectivity index (χ1n) is 8.31. The summed E-state index contributed by atoms with van der Waals surface area (Å²) in [6.45, 7) is 5.47. The zero-order chi connectivity index (χ0) is 14.4. The van der Waals surface area contributed by atoms with Crippen LogP contribution in [0, 0.1) is 11.3 Å². The lowest BCUT2D eigenvalue weighted by atomic mass is 9.72. The largest absolute Gasteiger partial charge is 0.396 e. The van der Waals surface area contributed by atoms with Crippen LogP contribution in [0.3, 0.4) is 0 Å². The standard InChI is InChI=1S/C16H31N3O/c1-14-5-10-19(11-6-14)15(17)18-13-16(9-12-20)7-3-2-4-8-16/h14,20H,2-13H2,1H3,(H2,17,18). The fraction of sp³-hybridized carbons (Fsp3) is 0.938. The van der Waals surface area contributed by atoms with Crippen LogP contribution in [-0.4, -0.2) is 42.2 Å². The summed E-state index contributed by atoms with van der Waals surface area (Å²) in [5.41, 5.74) is 6.39. The van der Waals surface area contributed by atoms with E-state index in [9.17, 15) is 5.11 Å². The third-order valence-corrected chi connectivity index (χ3v) is 5.24. The fourth-order valence-corrected chi connectivity index (χ4v) is 3.61. The van der Waals surface area contributed by atoms with Gasteiger partial charge in [-0.15, -0.1) is 0 Å². The van der Waals surface area contributed by atoms with Crippen molar-refractivity contribution in [1.29, 1.82) is 0 Å². The van der Waals surface area contributed by atoms with Crippen molar-refractivity contribution in [2.45, 2.75) is 58.3 Å². The van der Waals surface area contributed by atoms with Crippen molar-refractivity contribution in [3.63, 3.8) is 0 Å². The molecule has 3 N–H and O–H groups in total. The number of nitrogens with zero attached hydrogens (tertiary/aromatic N) is 2. The summed E-state index contributed by atoms with van der Waals surface area (Å²) < 4.78 is 0. The molecule has 1 saturated heterocycles. The van der Waals surface area contributed by atoms with Crippen molar-refractivity contribution in [3.8, 4) is 0 Å². The lowest BCUT2D eigenvalue weighted by molar-refractivity contribution is 0.137. The normalized spacial score (nSPS) is 24.9. The summed E-state index contributed by atoms with van der Waals surface area (Å²) in [7, 11) is 0. The third kappa shape index (κ3) is 4.11. The van der Waals surface area contributed by atoms with Gasteiger partial charge >= 0.3 is 0 Å². The first-order valence-corrected chi connectivity index (χ1v) is 8.31. The molecule has 0 bridgehead atoms. The van der Waals surface area contributed by atoms with Gasteiger partial charge in [-0.25, -0.2) is 0 Å². The van der Waals surface area contributed by atoms with Crippen molar-refractivity contribution in [2.75, 3.05) is 26.2 Å². The lowest BCUT2D eigenvalue weighted by Crippen LogP contribution is -2.43. The second kappa shape index (κ2) is 7.30. The molecule has 2 rings (SSSR count). The number of hydrogen-bond donors (Lipinski definition) is 2. The van der Waals surface area contributed by atoms with Gasteiger partial charge in [0.2, 0.25) is 0 Å². The molecular weight excluding hydrogens is 250 g/mol. The van der Waals surface area contributed by atoms with Gasteiger partial charge in [0.05, 0.1) is 0 Å². The van der Waals surface area contributed by atoms with E-state index < -0.39 is 0 Å². The highest BCUT2D eigenvalue weighted by Crippen LogP contribution is 2.39. The van der Waals surface area contributed by atoms with Crippen LogP contribution in [0.1, 0.15) is 58.3 Å². The Kier molecular flexibility index (Phi) is 5.70. The van der Waals surface area contributed by atoms with Crippen LogP contribution in [0.4, 0.5) is 0 Å². The molecular formula is C16H31N3O. The van der Waals surface area contributed by atoms with Gasteiger partial charge in [-0.3, -0.25) is 4.99 Å². The minimum Gasteiger partial charge on any atom is -0.396 e. The van der Waals surface area contributed by atoms with Gasteiger partial charge in [0.1, 0.15) is 0 Å². The number of likely N-dealkylation sites (tertiary alicyclic amines) is 1. The zero-order valence-electron chi connectivity index (χ0n) is 13.0. The second-order valence-corrected chi connectivity index (χ2v) is 6.88. The van der Waals surface area contributed by atoms with E-state index in [4.69, 9.17) is 10.7 Å². The van der Waals surface area contributed by atoms with Crippen LogP contribution in [0.25, 0.3) is 0 Å². The van der Waals surface area contributed by atoms with Gasteiger partial charge in [-0.2, -0.15) is 0 Å². The van der Waals surface area contributed by atoms with E-state index in [1.54, 1.807) is 0 Å². The fourth-order valence-electron chi connectivity index (χ4n) is 3.61. The SMILES string of the molecule is CC1CCN(C(N)=NCC2(CCO)CCCCC2)CC1. The molecule has 0 amide bonds. The molecule has 0 unspecified atom stereocenters. The molecule has 0 aromatic carbocycles. The summed E-state index contributed by atoms with van der Waals surface area (Å²) >= 11 is 0. The van der Waals surface area contributed by atoms with Crippen molar-refractivity contribution < 1.29 is 5.11 Å². The monoisotopic (exact) mass is 281 g/mol. The Morgan fingerprint density at radius 2 is 1.90 bits per heavy atom. The molecule has 1 saturated carbocycles. The second-order valence-electron chi connectivity index (χ2n) is 6.88. The Hall–Kier alpha value is -0.770. The molecule has 1 aliphatic carbocycles. The molecule has 0 aromatic heterocycles. The Labute approximate surface area is 123 Å². The maximum atomic E-state index is 9.34. The van der Waals surface area contributed by atoms with Crippen LogP contribution >= 0.6 is 0 Å². The molecule has 0 radical (unpaired) electrons. The van der Waals surface area contributed by atoms with E-state index in [-0.39, 0.29) is 12.0 Å². The number of rotatable bonds is 4. The van der Waals surface area contributed by atoms with E-state index >= 15 is 0 Å². The average Bonchev–Trinajstić information content (AvgIpc) is 2.47. The van der Waals surface area contributed by atoms with E-state index in [0.29, 0.717) is 0 Å². The van der Waals surface area contributed by atoms with E-state index in [2.05, 4.69) is 11.8 Å².